The van der Waals surface area contributed by atoms with E-state index < -0.39 is 10.0 Å². The predicted octanol–water partition coefficient (Wildman–Crippen LogP) is 2.76. The van der Waals surface area contributed by atoms with Crippen LogP contribution in [0.25, 0.3) is 0 Å². The Morgan fingerprint density at radius 3 is 2.25 bits per heavy atom. The van der Waals surface area contributed by atoms with E-state index in [-0.39, 0.29) is 10.9 Å². The van der Waals surface area contributed by atoms with E-state index in [0.717, 1.165) is 25.9 Å². The Bertz CT molecular complexity index is 551. The largest absolute Gasteiger partial charge is 0.317 e. The van der Waals surface area contributed by atoms with Crippen molar-refractivity contribution >= 4 is 33.2 Å². The molecule has 0 atom stereocenters. The van der Waals surface area contributed by atoms with E-state index in [1.54, 1.807) is 4.31 Å². The zero-order valence-corrected chi connectivity index (χ0v) is 13.6. The summed E-state index contributed by atoms with van der Waals surface area (Å²) in [5.74, 6) is 0. The highest BCUT2D eigenvalue weighted by molar-refractivity contribution is 7.89. The SMILES string of the molecule is CCN(C1CCNCC1)S(=O)(=O)c1cc(Cl)cc(Cl)c1. The maximum Gasteiger partial charge on any atom is 0.243 e. The van der Waals surface area contributed by atoms with Gasteiger partial charge >= 0.3 is 0 Å². The second-order valence-electron chi connectivity index (χ2n) is 4.79. The van der Waals surface area contributed by atoms with Crippen LogP contribution < -0.4 is 5.32 Å². The lowest BCUT2D eigenvalue weighted by molar-refractivity contribution is 0.271. The fourth-order valence-corrected chi connectivity index (χ4v) is 4.95. The van der Waals surface area contributed by atoms with Crippen molar-refractivity contribution in [3.05, 3.63) is 28.2 Å². The fourth-order valence-electron chi connectivity index (χ4n) is 2.53. The molecule has 0 amide bonds. The van der Waals surface area contributed by atoms with Gasteiger partial charge in [-0.2, -0.15) is 4.31 Å². The number of piperidine rings is 1. The first-order chi connectivity index (χ1) is 9.45. The van der Waals surface area contributed by atoms with Crippen molar-refractivity contribution in [2.75, 3.05) is 19.6 Å². The van der Waals surface area contributed by atoms with E-state index in [1.807, 2.05) is 6.92 Å². The summed E-state index contributed by atoms with van der Waals surface area (Å²) in [6, 6.07) is 4.46. The first-order valence-corrected chi connectivity index (χ1v) is 8.83. The third-order valence-electron chi connectivity index (χ3n) is 3.47. The van der Waals surface area contributed by atoms with Crippen LogP contribution in [0.1, 0.15) is 19.8 Å². The lowest BCUT2D eigenvalue weighted by atomic mass is 10.1. The number of hydrogen-bond acceptors (Lipinski definition) is 3. The minimum Gasteiger partial charge on any atom is -0.317 e. The summed E-state index contributed by atoms with van der Waals surface area (Å²) < 4.78 is 27.1. The average molecular weight is 337 g/mol. The van der Waals surface area contributed by atoms with Crippen LogP contribution in [0, 0.1) is 0 Å². The maximum absolute atomic E-state index is 12.8. The molecule has 112 valence electrons. The van der Waals surface area contributed by atoms with Crippen LogP contribution in [0.3, 0.4) is 0 Å². The molecule has 0 spiro atoms. The van der Waals surface area contributed by atoms with Gasteiger partial charge in [0.25, 0.3) is 0 Å². The summed E-state index contributed by atoms with van der Waals surface area (Å²) in [7, 11) is -3.56. The van der Waals surface area contributed by atoms with Gasteiger partial charge in [-0.1, -0.05) is 30.1 Å². The Morgan fingerprint density at radius 1 is 1.20 bits per heavy atom. The summed E-state index contributed by atoms with van der Waals surface area (Å²) in [5.41, 5.74) is 0. The minimum atomic E-state index is -3.56. The summed E-state index contributed by atoms with van der Waals surface area (Å²) in [5, 5.41) is 3.90. The Kier molecular flexibility index (Phi) is 5.31. The van der Waals surface area contributed by atoms with Crippen molar-refractivity contribution in [2.45, 2.75) is 30.7 Å². The van der Waals surface area contributed by atoms with Crippen LogP contribution in [-0.2, 0) is 10.0 Å². The molecule has 20 heavy (non-hydrogen) atoms. The number of halogens is 2. The highest BCUT2D eigenvalue weighted by atomic mass is 35.5. The molecule has 1 aromatic carbocycles. The van der Waals surface area contributed by atoms with Crippen molar-refractivity contribution in [1.29, 1.82) is 0 Å². The number of rotatable bonds is 4. The smallest absolute Gasteiger partial charge is 0.243 e. The van der Waals surface area contributed by atoms with Crippen LogP contribution in [0.2, 0.25) is 10.0 Å². The van der Waals surface area contributed by atoms with Crippen LogP contribution in [0.5, 0.6) is 0 Å². The molecular formula is C13H18Cl2N2O2S. The monoisotopic (exact) mass is 336 g/mol. The van der Waals surface area contributed by atoms with Crippen LogP contribution >= 0.6 is 23.2 Å². The van der Waals surface area contributed by atoms with Crippen molar-refractivity contribution in [3.8, 4) is 0 Å². The number of nitrogens with zero attached hydrogens (tertiary/aromatic N) is 1. The van der Waals surface area contributed by atoms with E-state index in [2.05, 4.69) is 5.32 Å². The predicted molar refractivity (Wildman–Crippen MR) is 81.9 cm³/mol. The van der Waals surface area contributed by atoms with E-state index in [9.17, 15) is 8.42 Å². The molecule has 1 aliphatic heterocycles. The van der Waals surface area contributed by atoms with Crippen LogP contribution in [0.4, 0.5) is 0 Å². The summed E-state index contributed by atoms with van der Waals surface area (Å²) in [4.78, 5) is 0.162. The Hall–Kier alpha value is -0.330. The molecular weight excluding hydrogens is 319 g/mol. The number of sulfonamides is 1. The third kappa shape index (κ3) is 3.46. The van der Waals surface area contributed by atoms with E-state index >= 15 is 0 Å². The third-order valence-corrected chi connectivity index (χ3v) is 5.91. The molecule has 1 heterocycles. The molecule has 0 bridgehead atoms. The number of hydrogen-bond donors (Lipinski definition) is 1. The van der Waals surface area contributed by atoms with Gasteiger partial charge in [0.15, 0.2) is 0 Å². The Morgan fingerprint density at radius 2 is 1.75 bits per heavy atom. The van der Waals surface area contributed by atoms with Gasteiger partial charge in [0.1, 0.15) is 0 Å². The van der Waals surface area contributed by atoms with Gasteiger partial charge in [0.05, 0.1) is 4.90 Å². The molecule has 4 nitrogen and oxygen atoms in total. The van der Waals surface area contributed by atoms with E-state index in [0.29, 0.717) is 16.6 Å². The van der Waals surface area contributed by atoms with Gasteiger partial charge in [0, 0.05) is 22.6 Å². The molecule has 2 rings (SSSR count). The highest BCUT2D eigenvalue weighted by Gasteiger charge is 2.31. The summed E-state index contributed by atoms with van der Waals surface area (Å²) >= 11 is 11.8. The van der Waals surface area contributed by atoms with Gasteiger partial charge < -0.3 is 5.32 Å². The second kappa shape index (κ2) is 6.62. The molecule has 1 saturated heterocycles. The molecule has 0 radical (unpaired) electrons. The summed E-state index contributed by atoms with van der Waals surface area (Å²) in [6.45, 7) is 3.98. The molecule has 0 unspecified atom stereocenters. The average Bonchev–Trinajstić information content (AvgIpc) is 2.39. The number of nitrogens with one attached hydrogen (secondary N) is 1. The highest BCUT2D eigenvalue weighted by Crippen LogP contribution is 2.27. The zero-order chi connectivity index (χ0) is 14.8. The molecule has 0 aromatic heterocycles. The van der Waals surface area contributed by atoms with Gasteiger partial charge in [-0.15, -0.1) is 0 Å². The number of benzene rings is 1. The van der Waals surface area contributed by atoms with Crippen molar-refractivity contribution in [2.24, 2.45) is 0 Å². The zero-order valence-electron chi connectivity index (χ0n) is 11.3. The van der Waals surface area contributed by atoms with Gasteiger partial charge in [0.2, 0.25) is 10.0 Å². The molecule has 1 aliphatic rings. The normalized spacial score (nSPS) is 17.6. The standard InChI is InChI=1S/C13H18Cl2N2O2S/c1-2-17(12-3-5-16-6-4-12)20(18,19)13-8-10(14)7-11(15)9-13/h7-9,12,16H,2-6H2,1H3. The molecule has 1 aromatic rings. The van der Waals surface area contributed by atoms with Crippen molar-refractivity contribution < 1.29 is 8.42 Å². The van der Waals surface area contributed by atoms with E-state index in [1.165, 1.54) is 18.2 Å². The minimum absolute atomic E-state index is 0.0315. The Balaban J connectivity index is 2.35. The molecule has 1 N–H and O–H groups in total. The van der Waals surface area contributed by atoms with Crippen molar-refractivity contribution in [1.82, 2.24) is 9.62 Å². The molecule has 1 fully saturated rings. The lowest BCUT2D eigenvalue weighted by Crippen LogP contribution is -2.45. The van der Waals surface area contributed by atoms with Crippen molar-refractivity contribution in [3.63, 3.8) is 0 Å². The topological polar surface area (TPSA) is 49.4 Å². The molecule has 0 saturated carbocycles. The summed E-state index contributed by atoms with van der Waals surface area (Å²) in [6.07, 6.45) is 1.64. The van der Waals surface area contributed by atoms with Crippen LogP contribution in [-0.4, -0.2) is 38.4 Å². The van der Waals surface area contributed by atoms with Gasteiger partial charge in [-0.3, -0.25) is 0 Å². The fraction of sp³-hybridized carbons (Fsp3) is 0.538. The second-order valence-corrected chi connectivity index (χ2v) is 7.56. The quantitative estimate of drug-likeness (QED) is 0.919. The first-order valence-electron chi connectivity index (χ1n) is 6.64. The van der Waals surface area contributed by atoms with Crippen LogP contribution in [0.15, 0.2) is 23.1 Å². The first kappa shape index (κ1) is 16.0. The molecule has 0 aliphatic carbocycles. The molecule has 7 heteroatoms. The maximum atomic E-state index is 12.8. The lowest BCUT2D eigenvalue weighted by Gasteiger charge is -2.33. The van der Waals surface area contributed by atoms with Gasteiger partial charge in [-0.25, -0.2) is 8.42 Å². The Labute approximate surface area is 130 Å². The van der Waals surface area contributed by atoms with E-state index in [4.69, 9.17) is 23.2 Å². The van der Waals surface area contributed by atoms with Gasteiger partial charge in [-0.05, 0) is 44.1 Å².